The first-order valence-corrected chi connectivity index (χ1v) is 19.0. The molecule has 3 aromatic heterocycles. The number of halogens is 2. The number of benzene rings is 2. The zero-order chi connectivity index (χ0) is 35.8. The molecule has 51 heavy (non-hydrogen) atoms. The van der Waals surface area contributed by atoms with Crippen molar-refractivity contribution in [2.75, 3.05) is 43.1 Å². The fourth-order valence-corrected chi connectivity index (χ4v) is 8.47. The summed E-state index contributed by atoms with van der Waals surface area (Å²) in [6.45, 7) is 2.31. The molecule has 11 nitrogen and oxygen atoms in total. The summed E-state index contributed by atoms with van der Waals surface area (Å²) in [4.78, 5) is 44.2. The maximum atomic E-state index is 17.9. The lowest BCUT2D eigenvalue weighted by Gasteiger charge is -2.37. The monoisotopic (exact) mass is 725 g/mol. The van der Waals surface area contributed by atoms with Gasteiger partial charge in [-0.25, -0.2) is 27.8 Å². The van der Waals surface area contributed by atoms with Crippen LogP contribution < -0.4 is 16.2 Å². The molecular formula is C37H33ClFN7O4S. The Balaban J connectivity index is 1.50. The minimum absolute atomic E-state index is 0.00927. The van der Waals surface area contributed by atoms with Gasteiger partial charge < -0.3 is 15.5 Å². The molecule has 0 atom stereocenters. The van der Waals surface area contributed by atoms with Gasteiger partial charge in [-0.1, -0.05) is 41.8 Å². The highest BCUT2D eigenvalue weighted by Crippen LogP contribution is 2.49. The molecule has 0 spiro atoms. The van der Waals surface area contributed by atoms with Crippen LogP contribution in [0, 0.1) is 17.7 Å². The van der Waals surface area contributed by atoms with E-state index in [0.717, 1.165) is 31.9 Å². The number of nitrogens with zero attached hydrogens (tertiary/aromatic N) is 6. The van der Waals surface area contributed by atoms with Crippen LogP contribution in [0.3, 0.4) is 0 Å². The van der Waals surface area contributed by atoms with E-state index in [2.05, 4.69) is 26.8 Å². The number of carbonyl (C=O) groups excluding carboxylic acids is 1. The standard InChI is InChI=1S/C37H33ClFN7O4S/c1-3-6-27(47)44-13-15-45(16-14-44)34-24-18-25(38)28(32-23-8-5-4-7-22(23)17-26(40)43-32)29(39)33(24)46(37(48)36(34)51(2,49)50)35-30(20-9-10-20)41-19-42-31(35)21-11-12-21/h4-5,7-8,17-21H,9-16H2,1-2H3,(H2,40,43). The number of pyridine rings is 2. The Morgan fingerprint density at radius 2 is 1.63 bits per heavy atom. The van der Waals surface area contributed by atoms with E-state index in [-0.39, 0.29) is 82.6 Å². The molecule has 2 aromatic carbocycles. The van der Waals surface area contributed by atoms with Crippen molar-refractivity contribution in [2.24, 2.45) is 0 Å². The fourth-order valence-electron chi connectivity index (χ4n) is 7.19. The lowest BCUT2D eigenvalue weighted by Crippen LogP contribution is -2.49. The number of hydrogen-bond acceptors (Lipinski definition) is 9. The summed E-state index contributed by atoms with van der Waals surface area (Å²) in [5.41, 5.74) is 6.76. The van der Waals surface area contributed by atoms with Crippen molar-refractivity contribution >= 4 is 60.5 Å². The first-order valence-electron chi connectivity index (χ1n) is 16.8. The first kappa shape index (κ1) is 33.1. The van der Waals surface area contributed by atoms with Crippen molar-refractivity contribution in [1.29, 1.82) is 0 Å². The second kappa shape index (κ2) is 12.3. The molecule has 2 aliphatic carbocycles. The lowest BCUT2D eigenvalue weighted by molar-refractivity contribution is -0.125. The van der Waals surface area contributed by atoms with Crippen LogP contribution in [0.25, 0.3) is 38.6 Å². The summed E-state index contributed by atoms with van der Waals surface area (Å²) < 4.78 is 46.7. The van der Waals surface area contributed by atoms with Crippen LogP contribution in [-0.4, -0.2) is 71.2 Å². The van der Waals surface area contributed by atoms with E-state index in [1.807, 2.05) is 12.1 Å². The number of rotatable bonds is 6. The third-order valence-electron chi connectivity index (χ3n) is 9.80. The summed E-state index contributed by atoms with van der Waals surface area (Å²) in [5, 5.41) is 1.38. The van der Waals surface area contributed by atoms with Gasteiger partial charge in [0.15, 0.2) is 20.5 Å². The Hall–Kier alpha value is -5.06. The molecule has 0 radical (unpaired) electrons. The van der Waals surface area contributed by atoms with E-state index in [1.165, 1.54) is 17.0 Å². The number of amides is 1. The first-order chi connectivity index (χ1) is 24.5. The fraction of sp³-hybridized carbons (Fsp3) is 0.324. The molecule has 4 heterocycles. The molecule has 14 heteroatoms. The van der Waals surface area contributed by atoms with E-state index >= 15 is 9.18 Å². The summed E-state index contributed by atoms with van der Waals surface area (Å²) in [5.74, 6) is 4.10. The Kier molecular flexibility index (Phi) is 7.99. The number of fused-ring (bicyclic) bond motifs is 2. The number of nitrogen functional groups attached to an aromatic ring is 1. The molecule has 260 valence electrons. The van der Waals surface area contributed by atoms with Crippen LogP contribution in [0.2, 0.25) is 5.02 Å². The molecule has 1 aliphatic heterocycles. The van der Waals surface area contributed by atoms with Crippen molar-refractivity contribution in [3.05, 3.63) is 75.3 Å². The summed E-state index contributed by atoms with van der Waals surface area (Å²) in [7, 11) is -4.24. The molecule has 0 unspecified atom stereocenters. The molecular weight excluding hydrogens is 693 g/mol. The van der Waals surface area contributed by atoms with Gasteiger partial charge in [-0.15, -0.1) is 0 Å². The molecule has 0 bridgehead atoms. The highest BCUT2D eigenvalue weighted by molar-refractivity contribution is 7.90. The molecule has 5 aromatic rings. The number of piperazine rings is 1. The lowest BCUT2D eigenvalue weighted by atomic mass is 9.99. The van der Waals surface area contributed by atoms with Crippen LogP contribution in [0.15, 0.2) is 52.4 Å². The molecule has 2 saturated carbocycles. The smallest absolute Gasteiger partial charge is 0.298 e. The molecule has 8 rings (SSSR count). The highest BCUT2D eigenvalue weighted by Gasteiger charge is 2.39. The second-order valence-electron chi connectivity index (χ2n) is 13.3. The van der Waals surface area contributed by atoms with Gasteiger partial charge in [0.2, 0.25) is 0 Å². The van der Waals surface area contributed by atoms with Crippen LogP contribution >= 0.6 is 11.6 Å². The van der Waals surface area contributed by atoms with E-state index in [1.54, 1.807) is 34.9 Å². The third-order valence-corrected chi connectivity index (χ3v) is 11.2. The molecule has 2 N–H and O–H groups in total. The van der Waals surface area contributed by atoms with Crippen LogP contribution in [0.4, 0.5) is 15.9 Å². The quantitative estimate of drug-likeness (QED) is 0.234. The maximum absolute atomic E-state index is 17.9. The second-order valence-corrected chi connectivity index (χ2v) is 15.7. The summed E-state index contributed by atoms with van der Waals surface area (Å²) in [6.07, 6.45) is 5.73. The minimum atomic E-state index is -4.24. The maximum Gasteiger partial charge on any atom is 0.298 e. The Morgan fingerprint density at radius 1 is 0.980 bits per heavy atom. The van der Waals surface area contributed by atoms with Crippen molar-refractivity contribution < 1.29 is 17.6 Å². The van der Waals surface area contributed by atoms with Crippen molar-refractivity contribution in [3.8, 4) is 28.8 Å². The zero-order valence-corrected chi connectivity index (χ0v) is 29.5. The van der Waals surface area contributed by atoms with Crippen LogP contribution in [0.1, 0.15) is 55.8 Å². The van der Waals surface area contributed by atoms with Gasteiger partial charge in [-0.05, 0) is 56.0 Å². The van der Waals surface area contributed by atoms with Gasteiger partial charge in [0.25, 0.3) is 11.5 Å². The Labute approximate surface area is 298 Å². The van der Waals surface area contributed by atoms with Crippen LogP contribution in [-0.2, 0) is 14.6 Å². The average Bonchev–Trinajstić information content (AvgIpc) is 4.02. The van der Waals surface area contributed by atoms with Gasteiger partial charge in [-0.2, -0.15) is 0 Å². The van der Waals surface area contributed by atoms with E-state index in [0.29, 0.717) is 27.8 Å². The van der Waals surface area contributed by atoms with E-state index < -0.39 is 26.1 Å². The van der Waals surface area contributed by atoms with Gasteiger partial charge in [0.1, 0.15) is 12.1 Å². The van der Waals surface area contributed by atoms with E-state index in [9.17, 15) is 13.2 Å². The summed E-state index contributed by atoms with van der Waals surface area (Å²) >= 11 is 7.03. The Morgan fingerprint density at radius 3 is 2.24 bits per heavy atom. The van der Waals surface area contributed by atoms with Gasteiger partial charge >= 0.3 is 0 Å². The number of aromatic nitrogens is 4. The number of sulfone groups is 1. The predicted molar refractivity (Wildman–Crippen MR) is 195 cm³/mol. The largest absolute Gasteiger partial charge is 0.384 e. The number of hydrogen-bond donors (Lipinski definition) is 1. The van der Waals surface area contributed by atoms with Crippen LogP contribution in [0.5, 0.6) is 0 Å². The van der Waals surface area contributed by atoms with Gasteiger partial charge in [0.05, 0.1) is 44.6 Å². The van der Waals surface area contributed by atoms with Gasteiger partial charge in [0, 0.05) is 55.0 Å². The van der Waals surface area contributed by atoms with Crippen molar-refractivity contribution in [3.63, 3.8) is 0 Å². The molecule has 1 saturated heterocycles. The topological polar surface area (TPSA) is 144 Å². The third kappa shape index (κ3) is 5.67. The van der Waals surface area contributed by atoms with E-state index in [4.69, 9.17) is 17.3 Å². The van der Waals surface area contributed by atoms with Gasteiger partial charge in [-0.3, -0.25) is 14.2 Å². The van der Waals surface area contributed by atoms with Crippen molar-refractivity contribution in [1.82, 2.24) is 24.4 Å². The van der Waals surface area contributed by atoms with Crippen molar-refractivity contribution in [2.45, 2.75) is 49.3 Å². The predicted octanol–water partition coefficient (Wildman–Crippen LogP) is 5.20. The number of nitrogens with two attached hydrogens (primary N) is 1. The number of carbonyl (C=O) groups is 1. The zero-order valence-electron chi connectivity index (χ0n) is 27.9. The highest BCUT2D eigenvalue weighted by atomic mass is 35.5. The Bertz CT molecular complexity index is 2520. The number of anilines is 2. The SMILES string of the molecule is CC#CC(=O)N1CCN(c2c(S(C)(=O)=O)c(=O)n(-c3c(C4CC4)ncnc3C3CC3)c3c(F)c(-c4nc(N)cc5ccccc45)c(Cl)cc23)CC1. The summed E-state index contributed by atoms with van der Waals surface area (Å²) in [6, 6.07) is 10.4. The minimum Gasteiger partial charge on any atom is -0.384 e. The molecule has 1 amide bonds. The normalized spacial score (nSPS) is 16.4. The molecule has 3 aliphatic rings. The average molecular weight is 726 g/mol. The molecule has 3 fully saturated rings.